The van der Waals surface area contributed by atoms with Crippen LogP contribution in [-0.2, 0) is 6.42 Å². The lowest BCUT2D eigenvalue weighted by atomic mass is 9.99. The molecule has 0 spiro atoms. The number of nitrogen functional groups attached to an aromatic ring is 1. The predicted octanol–water partition coefficient (Wildman–Crippen LogP) is 4.27. The lowest BCUT2D eigenvalue weighted by molar-refractivity contribution is 0.910. The molecule has 0 saturated carbocycles. The molecule has 0 amide bonds. The van der Waals surface area contributed by atoms with Gasteiger partial charge in [0.05, 0.1) is 5.01 Å². The van der Waals surface area contributed by atoms with Crippen LogP contribution in [0.25, 0.3) is 11.3 Å². The largest absolute Gasteiger partial charge is 0.389 e. The van der Waals surface area contributed by atoms with Gasteiger partial charge in [0.1, 0.15) is 10.7 Å². The van der Waals surface area contributed by atoms with Crippen molar-refractivity contribution < 1.29 is 0 Å². The quantitative estimate of drug-likeness (QED) is 0.895. The second-order valence-corrected chi connectivity index (χ2v) is 5.94. The molecule has 3 heteroatoms. The van der Waals surface area contributed by atoms with Crippen molar-refractivity contribution in [3.05, 3.63) is 33.8 Å². The Morgan fingerprint density at radius 3 is 2.44 bits per heavy atom. The van der Waals surface area contributed by atoms with E-state index in [4.69, 9.17) is 10.7 Å². The maximum atomic E-state index is 6.12. The summed E-state index contributed by atoms with van der Waals surface area (Å²) >= 11 is 1.62. The van der Waals surface area contributed by atoms with Crippen molar-refractivity contribution in [2.75, 3.05) is 5.73 Å². The van der Waals surface area contributed by atoms with Crippen LogP contribution in [0, 0.1) is 20.8 Å². The normalized spacial score (nSPS) is 10.9. The molecule has 1 aromatic heterocycles. The van der Waals surface area contributed by atoms with Gasteiger partial charge in [-0.05, 0) is 56.4 Å². The van der Waals surface area contributed by atoms with E-state index in [1.807, 2.05) is 0 Å². The van der Waals surface area contributed by atoms with Crippen molar-refractivity contribution in [1.29, 1.82) is 0 Å². The first kappa shape index (κ1) is 13.1. The fourth-order valence-corrected chi connectivity index (χ4v) is 3.06. The summed E-state index contributed by atoms with van der Waals surface area (Å²) in [6.07, 6.45) is 2.12. The van der Waals surface area contributed by atoms with Gasteiger partial charge in [-0.3, -0.25) is 0 Å². The third-order valence-corrected chi connectivity index (χ3v) is 4.20. The van der Waals surface area contributed by atoms with Crippen molar-refractivity contribution in [3.8, 4) is 11.3 Å². The molecule has 0 unspecified atom stereocenters. The molecular formula is C15H20N2S. The zero-order chi connectivity index (χ0) is 13.3. The second kappa shape index (κ2) is 5.11. The number of benzene rings is 1. The van der Waals surface area contributed by atoms with Crippen LogP contribution in [0.2, 0.25) is 0 Å². The average Bonchev–Trinajstić information content (AvgIpc) is 2.65. The molecule has 0 radical (unpaired) electrons. The summed E-state index contributed by atoms with van der Waals surface area (Å²) < 4.78 is 0. The van der Waals surface area contributed by atoms with Crippen LogP contribution < -0.4 is 5.73 Å². The molecule has 2 aromatic rings. The Bertz CT molecular complexity index is 570. The molecule has 0 bridgehead atoms. The monoisotopic (exact) mass is 260 g/mol. The molecule has 2 nitrogen and oxygen atoms in total. The number of thiazole rings is 1. The highest BCUT2D eigenvalue weighted by Gasteiger charge is 2.13. The van der Waals surface area contributed by atoms with Crippen molar-refractivity contribution in [1.82, 2.24) is 4.98 Å². The molecule has 2 rings (SSSR count). The maximum Gasteiger partial charge on any atom is 0.114 e. The van der Waals surface area contributed by atoms with E-state index < -0.39 is 0 Å². The van der Waals surface area contributed by atoms with Crippen molar-refractivity contribution >= 4 is 16.3 Å². The molecule has 1 aromatic carbocycles. The third-order valence-electron chi connectivity index (χ3n) is 3.26. The van der Waals surface area contributed by atoms with Gasteiger partial charge in [0.15, 0.2) is 0 Å². The van der Waals surface area contributed by atoms with Gasteiger partial charge in [-0.1, -0.05) is 13.0 Å². The molecule has 18 heavy (non-hydrogen) atoms. The minimum absolute atomic E-state index is 0.838. The average molecular weight is 260 g/mol. The van der Waals surface area contributed by atoms with Gasteiger partial charge in [0.25, 0.3) is 0 Å². The van der Waals surface area contributed by atoms with Crippen LogP contribution in [0.1, 0.15) is 35.0 Å². The standard InChI is InChI=1S/C15H20N2S/c1-5-6-13-17-14(15(16)18-13)12-8-10(3)9(2)7-11(12)4/h7-8H,5-6,16H2,1-4H3. The van der Waals surface area contributed by atoms with E-state index in [0.717, 1.165) is 28.5 Å². The van der Waals surface area contributed by atoms with E-state index in [-0.39, 0.29) is 0 Å². The van der Waals surface area contributed by atoms with Gasteiger partial charge in [0.2, 0.25) is 0 Å². The molecule has 1 heterocycles. The number of rotatable bonds is 3. The van der Waals surface area contributed by atoms with Crippen LogP contribution in [0.15, 0.2) is 12.1 Å². The highest BCUT2D eigenvalue weighted by atomic mass is 32.1. The highest BCUT2D eigenvalue weighted by molar-refractivity contribution is 7.16. The molecular weight excluding hydrogens is 240 g/mol. The zero-order valence-corrected chi connectivity index (χ0v) is 12.3. The minimum Gasteiger partial charge on any atom is -0.389 e. The van der Waals surface area contributed by atoms with E-state index >= 15 is 0 Å². The first-order valence-electron chi connectivity index (χ1n) is 6.36. The Balaban J connectivity index is 2.51. The van der Waals surface area contributed by atoms with E-state index in [0.29, 0.717) is 0 Å². The SMILES string of the molecule is CCCc1nc(-c2cc(C)c(C)cc2C)c(N)s1. The van der Waals surface area contributed by atoms with Crippen LogP contribution in [0.4, 0.5) is 5.00 Å². The Morgan fingerprint density at radius 1 is 1.11 bits per heavy atom. The van der Waals surface area contributed by atoms with E-state index in [1.54, 1.807) is 11.3 Å². The first-order valence-corrected chi connectivity index (χ1v) is 7.18. The fourth-order valence-electron chi connectivity index (χ4n) is 2.11. The number of aryl methyl sites for hydroxylation is 4. The predicted molar refractivity (Wildman–Crippen MR) is 80.2 cm³/mol. The molecule has 0 aliphatic rings. The van der Waals surface area contributed by atoms with Crippen molar-refractivity contribution in [2.45, 2.75) is 40.5 Å². The van der Waals surface area contributed by atoms with Gasteiger partial charge in [0, 0.05) is 5.56 Å². The Kier molecular flexibility index (Phi) is 3.71. The molecule has 2 N–H and O–H groups in total. The molecule has 0 atom stereocenters. The fraction of sp³-hybridized carbons (Fsp3) is 0.400. The van der Waals surface area contributed by atoms with Crippen molar-refractivity contribution in [3.63, 3.8) is 0 Å². The zero-order valence-electron chi connectivity index (χ0n) is 11.5. The lowest BCUT2D eigenvalue weighted by Crippen LogP contribution is -1.92. The number of nitrogens with zero attached hydrogens (tertiary/aromatic N) is 1. The Hall–Kier alpha value is -1.35. The molecule has 0 aliphatic carbocycles. The van der Waals surface area contributed by atoms with E-state index in [1.165, 1.54) is 22.3 Å². The number of hydrogen-bond acceptors (Lipinski definition) is 3. The summed E-state index contributed by atoms with van der Waals surface area (Å²) in [5.41, 5.74) is 12.1. The maximum absolute atomic E-state index is 6.12. The summed E-state index contributed by atoms with van der Waals surface area (Å²) in [6.45, 7) is 8.56. The van der Waals surface area contributed by atoms with Gasteiger partial charge in [-0.15, -0.1) is 11.3 Å². The number of hydrogen-bond donors (Lipinski definition) is 1. The summed E-state index contributed by atoms with van der Waals surface area (Å²) in [5, 5.41) is 1.98. The van der Waals surface area contributed by atoms with Crippen LogP contribution in [-0.4, -0.2) is 4.98 Å². The van der Waals surface area contributed by atoms with Gasteiger partial charge < -0.3 is 5.73 Å². The number of nitrogens with two attached hydrogens (primary N) is 1. The summed E-state index contributed by atoms with van der Waals surface area (Å²) in [4.78, 5) is 4.69. The van der Waals surface area contributed by atoms with E-state index in [2.05, 4.69) is 39.8 Å². The Morgan fingerprint density at radius 2 is 1.78 bits per heavy atom. The van der Waals surface area contributed by atoms with Crippen LogP contribution in [0.5, 0.6) is 0 Å². The smallest absolute Gasteiger partial charge is 0.114 e. The number of aromatic nitrogens is 1. The lowest BCUT2D eigenvalue weighted by Gasteiger charge is -2.08. The van der Waals surface area contributed by atoms with Gasteiger partial charge in [-0.2, -0.15) is 0 Å². The minimum atomic E-state index is 0.838. The third kappa shape index (κ3) is 2.41. The molecule has 0 aliphatic heterocycles. The van der Waals surface area contributed by atoms with Gasteiger partial charge in [-0.25, -0.2) is 4.98 Å². The van der Waals surface area contributed by atoms with E-state index in [9.17, 15) is 0 Å². The summed E-state index contributed by atoms with van der Waals surface area (Å²) in [6, 6.07) is 4.41. The highest BCUT2D eigenvalue weighted by Crippen LogP contribution is 2.34. The second-order valence-electron chi connectivity index (χ2n) is 4.82. The Labute approximate surface area is 113 Å². The van der Waals surface area contributed by atoms with Crippen LogP contribution >= 0.6 is 11.3 Å². The topological polar surface area (TPSA) is 38.9 Å². The van der Waals surface area contributed by atoms with Crippen LogP contribution in [0.3, 0.4) is 0 Å². The molecule has 0 fully saturated rings. The van der Waals surface area contributed by atoms with Gasteiger partial charge >= 0.3 is 0 Å². The summed E-state index contributed by atoms with van der Waals surface area (Å²) in [5.74, 6) is 0. The first-order chi connectivity index (χ1) is 8.52. The number of anilines is 1. The van der Waals surface area contributed by atoms with Crippen molar-refractivity contribution in [2.24, 2.45) is 0 Å². The molecule has 0 saturated heterocycles. The summed E-state index contributed by atoms with van der Waals surface area (Å²) in [7, 11) is 0. The molecule has 96 valence electrons.